The Hall–Kier alpha value is -1.16. The number of hydrogen-bond donors (Lipinski definition) is 1. The molecule has 17 heavy (non-hydrogen) atoms. The van der Waals surface area contributed by atoms with Gasteiger partial charge in [0, 0.05) is 30.4 Å². The number of nitrogens with zero attached hydrogens (tertiary/aromatic N) is 3. The van der Waals surface area contributed by atoms with Crippen LogP contribution in [0.25, 0.3) is 0 Å². The molecule has 1 aliphatic heterocycles. The molecule has 1 saturated heterocycles. The molecule has 1 aromatic heterocycles. The van der Waals surface area contributed by atoms with Crippen molar-refractivity contribution in [3.05, 3.63) is 17.6 Å². The van der Waals surface area contributed by atoms with Crippen molar-refractivity contribution in [3.8, 4) is 0 Å². The summed E-state index contributed by atoms with van der Waals surface area (Å²) in [6, 6.07) is 0.379. The highest BCUT2D eigenvalue weighted by Gasteiger charge is 2.22. The molecule has 92 valence electrons. The monoisotopic (exact) mass is 232 g/mol. The van der Waals surface area contributed by atoms with Crippen molar-refractivity contribution in [1.29, 1.82) is 0 Å². The smallest absolute Gasteiger partial charge is 0.135 e. The van der Waals surface area contributed by atoms with Crippen LogP contribution >= 0.6 is 0 Å². The first-order chi connectivity index (χ1) is 8.34. The summed E-state index contributed by atoms with van der Waals surface area (Å²) in [5.74, 6) is 1.18. The lowest BCUT2D eigenvalue weighted by Gasteiger charge is -2.33. The Morgan fingerprint density at radius 1 is 1.12 bits per heavy atom. The van der Waals surface area contributed by atoms with Gasteiger partial charge in [0.05, 0.1) is 0 Å². The summed E-state index contributed by atoms with van der Waals surface area (Å²) >= 11 is 0. The number of rotatable bonds is 1. The summed E-state index contributed by atoms with van der Waals surface area (Å²) in [6.45, 7) is 2.09. The van der Waals surface area contributed by atoms with Gasteiger partial charge in [-0.1, -0.05) is 0 Å². The molecule has 1 aliphatic carbocycles. The molecule has 0 unspecified atom stereocenters. The van der Waals surface area contributed by atoms with Gasteiger partial charge < -0.3 is 10.6 Å². The second kappa shape index (κ2) is 4.61. The lowest BCUT2D eigenvalue weighted by atomic mass is 9.95. The van der Waals surface area contributed by atoms with Crippen molar-refractivity contribution in [2.75, 3.05) is 18.0 Å². The third-order valence-electron chi connectivity index (χ3n) is 3.94. The van der Waals surface area contributed by atoms with E-state index in [9.17, 15) is 0 Å². The van der Waals surface area contributed by atoms with E-state index in [1.807, 2.05) is 0 Å². The van der Waals surface area contributed by atoms with Gasteiger partial charge in [-0.05, 0) is 38.5 Å². The lowest BCUT2D eigenvalue weighted by molar-refractivity contribution is 0.496. The summed E-state index contributed by atoms with van der Waals surface area (Å²) in [5, 5.41) is 0. The minimum atomic E-state index is 0.379. The van der Waals surface area contributed by atoms with E-state index in [-0.39, 0.29) is 0 Å². The molecule has 4 nitrogen and oxygen atoms in total. The molecule has 0 spiro atoms. The maximum Gasteiger partial charge on any atom is 0.135 e. The molecule has 2 aliphatic rings. The Morgan fingerprint density at radius 3 is 2.71 bits per heavy atom. The molecule has 2 N–H and O–H groups in total. The molecule has 1 aromatic rings. The fraction of sp³-hybridized carbons (Fsp3) is 0.692. The second-order valence-electron chi connectivity index (χ2n) is 5.15. The van der Waals surface area contributed by atoms with E-state index in [1.54, 1.807) is 6.33 Å². The third kappa shape index (κ3) is 2.14. The van der Waals surface area contributed by atoms with E-state index >= 15 is 0 Å². The average molecular weight is 232 g/mol. The molecule has 0 radical (unpaired) electrons. The fourth-order valence-corrected chi connectivity index (χ4v) is 2.89. The summed E-state index contributed by atoms with van der Waals surface area (Å²) < 4.78 is 0. The molecule has 1 fully saturated rings. The van der Waals surface area contributed by atoms with Crippen LogP contribution in [0.3, 0.4) is 0 Å². The highest BCUT2D eigenvalue weighted by atomic mass is 15.2. The van der Waals surface area contributed by atoms with E-state index in [0.29, 0.717) is 6.04 Å². The molecule has 2 heterocycles. The highest BCUT2D eigenvalue weighted by molar-refractivity contribution is 5.49. The van der Waals surface area contributed by atoms with Crippen LogP contribution in [0.1, 0.15) is 36.9 Å². The topological polar surface area (TPSA) is 55.0 Å². The standard InChI is InChI=1S/C13H20N4/c14-10-5-7-17(8-6-10)13-11-3-1-2-4-12(11)15-9-16-13/h9-10H,1-8,14H2. The first-order valence-electron chi connectivity index (χ1n) is 6.68. The van der Waals surface area contributed by atoms with Gasteiger partial charge in [0.25, 0.3) is 0 Å². The Labute approximate surface area is 102 Å². The largest absolute Gasteiger partial charge is 0.356 e. The predicted octanol–water partition coefficient (Wildman–Crippen LogP) is 1.28. The van der Waals surface area contributed by atoms with Gasteiger partial charge >= 0.3 is 0 Å². The fourth-order valence-electron chi connectivity index (χ4n) is 2.89. The molecular formula is C13H20N4. The molecule has 4 heteroatoms. The van der Waals surface area contributed by atoms with E-state index in [0.717, 1.165) is 38.8 Å². The van der Waals surface area contributed by atoms with Crippen LogP contribution in [0.5, 0.6) is 0 Å². The SMILES string of the molecule is NC1CCN(c2ncnc3c2CCCC3)CC1. The predicted molar refractivity (Wildman–Crippen MR) is 68.1 cm³/mol. The van der Waals surface area contributed by atoms with Crippen molar-refractivity contribution in [2.45, 2.75) is 44.6 Å². The molecule has 0 bridgehead atoms. The van der Waals surface area contributed by atoms with Gasteiger partial charge in [-0.2, -0.15) is 0 Å². The molecule has 0 amide bonds. The first kappa shape index (κ1) is 11.0. The number of fused-ring (bicyclic) bond motifs is 1. The minimum absolute atomic E-state index is 0.379. The Bertz CT molecular complexity index is 396. The lowest BCUT2D eigenvalue weighted by Crippen LogP contribution is -2.40. The van der Waals surface area contributed by atoms with Crippen LogP contribution in [0, 0.1) is 0 Å². The molecule has 3 rings (SSSR count). The maximum atomic E-state index is 5.95. The number of aryl methyl sites for hydroxylation is 1. The quantitative estimate of drug-likeness (QED) is 0.792. The summed E-state index contributed by atoms with van der Waals surface area (Å²) in [7, 11) is 0. The van der Waals surface area contributed by atoms with Crippen LogP contribution in [0.15, 0.2) is 6.33 Å². The highest BCUT2D eigenvalue weighted by Crippen LogP contribution is 2.28. The zero-order valence-corrected chi connectivity index (χ0v) is 10.2. The Kier molecular flexibility index (Phi) is 2.97. The van der Waals surface area contributed by atoms with E-state index in [4.69, 9.17) is 5.73 Å². The van der Waals surface area contributed by atoms with Crippen molar-refractivity contribution < 1.29 is 0 Å². The van der Waals surface area contributed by atoms with Gasteiger partial charge in [-0.25, -0.2) is 9.97 Å². The number of anilines is 1. The van der Waals surface area contributed by atoms with Crippen LogP contribution in [0.4, 0.5) is 5.82 Å². The summed E-state index contributed by atoms with van der Waals surface area (Å²) in [6.07, 6.45) is 8.72. The van der Waals surface area contributed by atoms with Gasteiger partial charge in [0.2, 0.25) is 0 Å². The van der Waals surface area contributed by atoms with Gasteiger partial charge in [-0.3, -0.25) is 0 Å². The third-order valence-corrected chi connectivity index (χ3v) is 3.94. The van der Waals surface area contributed by atoms with E-state index in [1.165, 1.54) is 29.9 Å². The molecule has 0 saturated carbocycles. The average Bonchev–Trinajstić information content (AvgIpc) is 2.39. The van der Waals surface area contributed by atoms with Crippen molar-refractivity contribution in [3.63, 3.8) is 0 Å². The van der Waals surface area contributed by atoms with Gasteiger partial charge in [-0.15, -0.1) is 0 Å². The Balaban J connectivity index is 1.87. The minimum Gasteiger partial charge on any atom is -0.356 e. The zero-order chi connectivity index (χ0) is 11.7. The normalized spacial score (nSPS) is 21.4. The number of nitrogens with two attached hydrogens (primary N) is 1. The zero-order valence-electron chi connectivity index (χ0n) is 10.2. The number of hydrogen-bond acceptors (Lipinski definition) is 4. The summed E-state index contributed by atoms with van der Waals surface area (Å²) in [5.41, 5.74) is 8.63. The molecule has 0 aromatic carbocycles. The summed E-state index contributed by atoms with van der Waals surface area (Å²) in [4.78, 5) is 11.3. The first-order valence-corrected chi connectivity index (χ1v) is 6.68. The number of aromatic nitrogens is 2. The second-order valence-corrected chi connectivity index (χ2v) is 5.15. The van der Waals surface area contributed by atoms with Crippen LogP contribution < -0.4 is 10.6 Å². The van der Waals surface area contributed by atoms with Crippen LogP contribution in [-0.2, 0) is 12.8 Å². The molecular weight excluding hydrogens is 212 g/mol. The van der Waals surface area contributed by atoms with E-state index in [2.05, 4.69) is 14.9 Å². The molecule has 0 atom stereocenters. The number of piperidine rings is 1. The maximum absolute atomic E-state index is 5.95. The van der Waals surface area contributed by atoms with Gasteiger partial charge in [0.15, 0.2) is 0 Å². The van der Waals surface area contributed by atoms with Crippen molar-refractivity contribution >= 4 is 5.82 Å². The van der Waals surface area contributed by atoms with Crippen LogP contribution in [0.2, 0.25) is 0 Å². The van der Waals surface area contributed by atoms with Crippen molar-refractivity contribution in [1.82, 2.24) is 9.97 Å². The van der Waals surface area contributed by atoms with E-state index < -0.39 is 0 Å². The van der Waals surface area contributed by atoms with Crippen molar-refractivity contribution in [2.24, 2.45) is 5.73 Å². The van der Waals surface area contributed by atoms with Crippen LogP contribution in [-0.4, -0.2) is 29.1 Å². The van der Waals surface area contributed by atoms with Gasteiger partial charge in [0.1, 0.15) is 12.1 Å². The Morgan fingerprint density at radius 2 is 1.88 bits per heavy atom.